The Morgan fingerprint density at radius 2 is 1.86 bits per heavy atom. The predicted octanol–water partition coefficient (Wildman–Crippen LogP) is 3.63. The van der Waals surface area contributed by atoms with Crippen LogP contribution in [0.3, 0.4) is 0 Å². The highest BCUT2D eigenvalue weighted by Gasteiger charge is 2.68. The summed E-state index contributed by atoms with van der Waals surface area (Å²) in [5, 5.41) is 11.6. The second-order valence-corrected chi connectivity index (χ2v) is 10.6. The molecule has 0 aromatic heterocycles. The summed E-state index contributed by atoms with van der Waals surface area (Å²) in [6.07, 6.45) is 6.95. The summed E-state index contributed by atoms with van der Waals surface area (Å²) in [5.41, 5.74) is 0.513. The number of esters is 1. The van der Waals surface area contributed by atoms with Gasteiger partial charge < -0.3 is 9.84 Å². The number of carbonyl (C=O) groups excluding carboxylic acids is 3. The minimum absolute atomic E-state index is 0.00753. The maximum atomic E-state index is 12.9. The highest BCUT2D eigenvalue weighted by atomic mass is 16.5. The first kappa shape index (κ1) is 20.8. The van der Waals surface area contributed by atoms with Crippen LogP contribution in [0.15, 0.2) is 11.6 Å². The van der Waals surface area contributed by atoms with Crippen LogP contribution in [-0.2, 0) is 19.1 Å². The monoisotopic (exact) mass is 402 g/mol. The highest BCUT2D eigenvalue weighted by Crippen LogP contribution is 2.71. The van der Waals surface area contributed by atoms with Gasteiger partial charge in [-0.3, -0.25) is 14.4 Å². The molecule has 3 saturated carbocycles. The summed E-state index contributed by atoms with van der Waals surface area (Å²) in [5.74, 6) is 0.319. The molecule has 0 spiro atoms. The zero-order valence-electron chi connectivity index (χ0n) is 18.1. The molecule has 0 saturated heterocycles. The van der Waals surface area contributed by atoms with E-state index in [-0.39, 0.29) is 40.3 Å². The first-order chi connectivity index (χ1) is 13.5. The van der Waals surface area contributed by atoms with Crippen molar-refractivity contribution in [2.75, 3.05) is 6.61 Å². The molecule has 160 valence electrons. The van der Waals surface area contributed by atoms with Gasteiger partial charge in [0, 0.05) is 24.7 Å². The summed E-state index contributed by atoms with van der Waals surface area (Å²) in [7, 11) is 0. The van der Waals surface area contributed by atoms with Gasteiger partial charge in [-0.05, 0) is 67.3 Å². The van der Waals surface area contributed by atoms with Gasteiger partial charge in [0.05, 0.1) is 6.10 Å². The fraction of sp³-hybridized carbons (Fsp3) is 0.792. The molecule has 0 unspecified atom stereocenters. The van der Waals surface area contributed by atoms with Gasteiger partial charge in [0.1, 0.15) is 6.61 Å². The van der Waals surface area contributed by atoms with Crippen LogP contribution in [0.25, 0.3) is 0 Å². The van der Waals surface area contributed by atoms with Crippen molar-refractivity contribution in [3.63, 3.8) is 0 Å². The number of allylic oxidation sites excluding steroid dienone is 1. The van der Waals surface area contributed by atoms with Crippen LogP contribution in [0.5, 0.6) is 0 Å². The molecule has 0 aromatic rings. The van der Waals surface area contributed by atoms with Crippen molar-refractivity contribution in [2.24, 2.45) is 34.0 Å². The molecule has 5 nitrogen and oxygen atoms in total. The van der Waals surface area contributed by atoms with E-state index >= 15 is 0 Å². The van der Waals surface area contributed by atoms with Crippen LogP contribution >= 0.6 is 0 Å². The van der Waals surface area contributed by atoms with Crippen molar-refractivity contribution in [3.05, 3.63) is 11.6 Å². The highest BCUT2D eigenvalue weighted by molar-refractivity contribution is 5.91. The van der Waals surface area contributed by atoms with Crippen molar-refractivity contribution in [3.8, 4) is 0 Å². The molecule has 0 heterocycles. The van der Waals surface area contributed by atoms with E-state index in [0.717, 1.165) is 32.1 Å². The number of ketones is 2. The van der Waals surface area contributed by atoms with Gasteiger partial charge in [-0.1, -0.05) is 26.3 Å². The van der Waals surface area contributed by atoms with Crippen LogP contribution < -0.4 is 0 Å². The Hall–Kier alpha value is -1.49. The first-order valence-corrected chi connectivity index (χ1v) is 11.1. The van der Waals surface area contributed by atoms with E-state index in [1.165, 1.54) is 12.5 Å². The van der Waals surface area contributed by atoms with Gasteiger partial charge in [0.25, 0.3) is 0 Å². The topological polar surface area (TPSA) is 80.7 Å². The number of hydrogen-bond acceptors (Lipinski definition) is 5. The predicted molar refractivity (Wildman–Crippen MR) is 108 cm³/mol. The second kappa shape index (κ2) is 6.76. The molecule has 1 N–H and O–H groups in total. The molecule has 5 heteroatoms. The van der Waals surface area contributed by atoms with Gasteiger partial charge in [-0.2, -0.15) is 0 Å². The molecule has 3 fully saturated rings. The minimum atomic E-state index is -0.516. The number of hydrogen-bond donors (Lipinski definition) is 1. The van der Waals surface area contributed by atoms with Crippen molar-refractivity contribution in [1.29, 1.82) is 0 Å². The number of ether oxygens (including phenoxy) is 1. The molecule has 7 atom stereocenters. The Kier molecular flexibility index (Phi) is 4.84. The zero-order chi connectivity index (χ0) is 21.2. The standard InChI is InChI=1S/C24H34O5/c1-14(25)29-13-20(27)19-8-7-17-18-6-5-15-11-16(26)9-10-23(15,3)24(18,4)21(28)12-22(17,19)2/h11,17-19,21,28H,5-10,12-13H2,1-4H3/t17-,18-,19+,21-,22-,23-,24+/m0/s1. The minimum Gasteiger partial charge on any atom is -0.458 e. The van der Waals surface area contributed by atoms with Crippen LogP contribution in [0, 0.1) is 34.0 Å². The second-order valence-electron chi connectivity index (χ2n) is 10.6. The third-order valence-corrected chi connectivity index (χ3v) is 9.63. The first-order valence-electron chi connectivity index (χ1n) is 11.1. The van der Waals surface area contributed by atoms with Crippen LogP contribution in [0.2, 0.25) is 0 Å². The van der Waals surface area contributed by atoms with E-state index < -0.39 is 12.1 Å². The lowest BCUT2D eigenvalue weighted by Crippen LogP contribution is -2.63. The van der Waals surface area contributed by atoms with E-state index in [0.29, 0.717) is 24.7 Å². The largest absolute Gasteiger partial charge is 0.458 e. The lowest BCUT2D eigenvalue weighted by molar-refractivity contribution is -0.191. The quantitative estimate of drug-likeness (QED) is 0.729. The number of Topliss-reactive ketones (excluding diaryl/α,β-unsaturated/α-hetero) is 1. The average Bonchev–Trinajstić information content (AvgIpc) is 2.98. The third-order valence-electron chi connectivity index (χ3n) is 9.63. The SMILES string of the molecule is CC(=O)OCC(=O)[C@H]1CC[C@H]2[C@@H]3CCC4=CC(=O)CC[C@]4(C)[C@@]3(C)[C@@H](O)C[C@]12C. The van der Waals surface area contributed by atoms with Crippen LogP contribution in [-0.4, -0.2) is 35.4 Å². The van der Waals surface area contributed by atoms with Crippen molar-refractivity contribution >= 4 is 17.5 Å². The van der Waals surface area contributed by atoms with E-state index in [4.69, 9.17) is 4.74 Å². The smallest absolute Gasteiger partial charge is 0.303 e. The maximum absolute atomic E-state index is 12.9. The number of carbonyl (C=O) groups is 3. The van der Waals surface area contributed by atoms with E-state index in [1.807, 2.05) is 6.08 Å². The third kappa shape index (κ3) is 2.79. The van der Waals surface area contributed by atoms with Gasteiger partial charge in [0.2, 0.25) is 0 Å². The molecule has 0 aromatic carbocycles. The number of aliphatic hydroxyl groups is 1. The van der Waals surface area contributed by atoms with E-state index in [9.17, 15) is 19.5 Å². The van der Waals surface area contributed by atoms with Gasteiger partial charge in [-0.25, -0.2) is 0 Å². The number of fused-ring (bicyclic) bond motifs is 5. The molecular formula is C24H34O5. The maximum Gasteiger partial charge on any atom is 0.303 e. The molecule has 29 heavy (non-hydrogen) atoms. The average molecular weight is 403 g/mol. The van der Waals surface area contributed by atoms with Gasteiger partial charge in [-0.15, -0.1) is 0 Å². The van der Waals surface area contributed by atoms with Crippen molar-refractivity contribution in [1.82, 2.24) is 0 Å². The summed E-state index contributed by atoms with van der Waals surface area (Å²) >= 11 is 0. The van der Waals surface area contributed by atoms with Gasteiger partial charge >= 0.3 is 5.97 Å². The number of rotatable bonds is 3. The molecule has 0 aliphatic heterocycles. The van der Waals surface area contributed by atoms with Gasteiger partial charge in [0.15, 0.2) is 11.6 Å². The lowest BCUT2D eigenvalue weighted by Gasteiger charge is -2.66. The Labute approximate surface area is 173 Å². The summed E-state index contributed by atoms with van der Waals surface area (Å²) < 4.78 is 5.00. The molecule has 4 aliphatic carbocycles. The fourth-order valence-corrected chi connectivity index (χ4v) is 7.83. The fourth-order valence-electron chi connectivity index (χ4n) is 7.83. The summed E-state index contributed by atoms with van der Waals surface area (Å²) in [6, 6.07) is 0. The van der Waals surface area contributed by atoms with Crippen molar-refractivity contribution in [2.45, 2.75) is 78.7 Å². The molecule has 0 bridgehead atoms. The van der Waals surface area contributed by atoms with E-state index in [2.05, 4.69) is 20.8 Å². The zero-order valence-corrected chi connectivity index (χ0v) is 18.1. The summed E-state index contributed by atoms with van der Waals surface area (Å²) in [6.45, 7) is 7.82. The molecular weight excluding hydrogens is 368 g/mol. The molecule has 4 aliphatic rings. The normalized spacial score (nSPS) is 46.2. The molecule has 0 amide bonds. The van der Waals surface area contributed by atoms with E-state index in [1.54, 1.807) is 0 Å². The lowest BCUT2D eigenvalue weighted by atomic mass is 9.39. The Bertz CT molecular complexity index is 784. The Morgan fingerprint density at radius 3 is 2.55 bits per heavy atom. The number of aliphatic hydroxyl groups excluding tert-OH is 1. The summed E-state index contributed by atoms with van der Waals surface area (Å²) in [4.78, 5) is 36.1. The van der Waals surface area contributed by atoms with Crippen molar-refractivity contribution < 1.29 is 24.2 Å². The molecule has 4 rings (SSSR count). The van der Waals surface area contributed by atoms with Crippen LogP contribution in [0.1, 0.15) is 72.6 Å². The Morgan fingerprint density at radius 1 is 1.14 bits per heavy atom. The van der Waals surface area contributed by atoms with Crippen LogP contribution in [0.4, 0.5) is 0 Å². The molecule has 0 radical (unpaired) electrons. The Balaban J connectivity index is 1.66.